The summed E-state index contributed by atoms with van der Waals surface area (Å²) < 4.78 is 11.4. The SMILES string of the molecule is C=C[C@]1(C)C[C@@H](OC(=O)NC(=O)O[C@H]2CNC[C@@H]2C)[C@@]2(C)C(C)CC[C@]3(CCC(=O)[C@H]32)[C@@H](C)[C@@H]1O.Cl. The molecule has 1 unspecified atom stereocenters. The summed E-state index contributed by atoms with van der Waals surface area (Å²) in [5.74, 6) is 0.0573. The first-order chi connectivity index (χ1) is 16.4. The summed E-state index contributed by atoms with van der Waals surface area (Å²) >= 11 is 0. The van der Waals surface area contributed by atoms with Gasteiger partial charge in [-0.05, 0) is 42.9 Å². The summed E-state index contributed by atoms with van der Waals surface area (Å²) in [6, 6.07) is 0. The summed E-state index contributed by atoms with van der Waals surface area (Å²) in [5, 5.41) is 16.9. The largest absolute Gasteiger partial charge is 0.445 e. The monoisotopic (exact) mass is 526 g/mol. The summed E-state index contributed by atoms with van der Waals surface area (Å²) in [7, 11) is 0. The van der Waals surface area contributed by atoms with Crippen LogP contribution in [0.1, 0.15) is 66.7 Å². The van der Waals surface area contributed by atoms with Crippen LogP contribution < -0.4 is 10.6 Å². The molecule has 0 aromatic rings. The molecular weight excluding hydrogens is 484 g/mol. The van der Waals surface area contributed by atoms with Crippen molar-refractivity contribution < 1.29 is 29.0 Å². The number of aliphatic hydroxyl groups excluding tert-OH is 1. The molecule has 0 aromatic heterocycles. The van der Waals surface area contributed by atoms with Gasteiger partial charge in [0.15, 0.2) is 0 Å². The molecule has 4 fully saturated rings. The van der Waals surface area contributed by atoms with E-state index in [0.717, 1.165) is 25.8 Å². The summed E-state index contributed by atoms with van der Waals surface area (Å²) in [6.07, 6.45) is 1.59. The molecule has 4 aliphatic rings. The van der Waals surface area contributed by atoms with Gasteiger partial charge in [0.25, 0.3) is 0 Å². The van der Waals surface area contributed by atoms with Crippen molar-refractivity contribution in [3.63, 3.8) is 0 Å². The third-order valence-corrected chi connectivity index (χ3v) is 10.5. The highest BCUT2D eigenvalue weighted by Gasteiger charge is 2.68. The summed E-state index contributed by atoms with van der Waals surface area (Å²) in [4.78, 5) is 38.8. The standard InChI is InChI=1S/C27H42N2O6.ClH/c1-7-25(5)12-20(35-24(33)29-23(32)34-19-14-28-13-15(19)2)26(6)16(3)8-10-27(17(4)22(25)31)11-9-18(30)21(26)27;/h7,15-17,19-22,28,31H,1,8-14H2,2-6H3,(H,29,32,33);1H/t15-,16?,17-,19-,20+,21-,22-,25+,26+,27-;/m0./s1. The van der Waals surface area contributed by atoms with Crippen LogP contribution in [0.2, 0.25) is 0 Å². The maximum Gasteiger partial charge on any atom is 0.416 e. The minimum absolute atomic E-state index is 0. The average molecular weight is 527 g/mol. The molecule has 3 N–H and O–H groups in total. The Morgan fingerprint density at radius 3 is 2.42 bits per heavy atom. The van der Waals surface area contributed by atoms with Gasteiger partial charge in [-0.2, -0.15) is 0 Å². The van der Waals surface area contributed by atoms with E-state index in [2.05, 4.69) is 38.0 Å². The predicted molar refractivity (Wildman–Crippen MR) is 138 cm³/mol. The van der Waals surface area contributed by atoms with Crippen molar-refractivity contribution in [3.8, 4) is 0 Å². The Labute approximate surface area is 220 Å². The molecule has 1 aliphatic heterocycles. The Morgan fingerprint density at radius 1 is 1.14 bits per heavy atom. The van der Waals surface area contributed by atoms with Crippen LogP contribution in [0.25, 0.3) is 0 Å². The number of carbonyl (C=O) groups excluding carboxylic acids is 3. The molecule has 36 heavy (non-hydrogen) atoms. The molecule has 4 rings (SSSR count). The van der Waals surface area contributed by atoms with Crippen molar-refractivity contribution in [2.75, 3.05) is 13.1 Å². The van der Waals surface area contributed by atoms with E-state index < -0.39 is 35.2 Å². The second kappa shape index (κ2) is 10.3. The molecule has 9 heteroatoms. The topological polar surface area (TPSA) is 114 Å². The van der Waals surface area contributed by atoms with E-state index in [1.54, 1.807) is 6.08 Å². The van der Waals surface area contributed by atoms with E-state index in [1.807, 2.05) is 13.8 Å². The second-order valence-electron chi connectivity index (χ2n) is 12.2. The lowest BCUT2D eigenvalue weighted by molar-refractivity contribution is -0.191. The van der Waals surface area contributed by atoms with Crippen LogP contribution >= 0.6 is 12.4 Å². The van der Waals surface area contributed by atoms with E-state index in [9.17, 15) is 19.5 Å². The summed E-state index contributed by atoms with van der Waals surface area (Å²) in [5.41, 5.74) is -1.70. The molecule has 3 saturated carbocycles. The van der Waals surface area contributed by atoms with Gasteiger partial charge in [-0.3, -0.25) is 4.79 Å². The van der Waals surface area contributed by atoms with Gasteiger partial charge in [0.1, 0.15) is 18.0 Å². The number of ketones is 1. The first-order valence-corrected chi connectivity index (χ1v) is 13.1. The van der Waals surface area contributed by atoms with Crippen LogP contribution in [0.3, 0.4) is 0 Å². The lowest BCUT2D eigenvalue weighted by Gasteiger charge is -2.61. The zero-order chi connectivity index (χ0) is 25.8. The van der Waals surface area contributed by atoms with Gasteiger partial charge in [0.05, 0.1) is 6.10 Å². The van der Waals surface area contributed by atoms with Crippen LogP contribution in [0.15, 0.2) is 12.7 Å². The Morgan fingerprint density at radius 2 is 1.81 bits per heavy atom. The van der Waals surface area contributed by atoms with Gasteiger partial charge in [0, 0.05) is 42.2 Å². The molecule has 204 valence electrons. The third kappa shape index (κ3) is 4.47. The van der Waals surface area contributed by atoms with Gasteiger partial charge in [-0.15, -0.1) is 19.0 Å². The molecule has 1 heterocycles. The number of aliphatic hydroxyl groups is 1. The Hall–Kier alpha value is -1.64. The van der Waals surface area contributed by atoms with Crippen molar-refractivity contribution in [1.29, 1.82) is 0 Å². The second-order valence-corrected chi connectivity index (χ2v) is 12.2. The van der Waals surface area contributed by atoms with Crippen LogP contribution in [0, 0.1) is 39.9 Å². The van der Waals surface area contributed by atoms with E-state index >= 15 is 0 Å². The van der Waals surface area contributed by atoms with Crippen molar-refractivity contribution in [2.24, 2.45) is 39.9 Å². The van der Waals surface area contributed by atoms with Crippen LogP contribution in [0.4, 0.5) is 9.59 Å². The number of rotatable bonds is 3. The maximum absolute atomic E-state index is 13.4. The number of amides is 2. The molecule has 0 aromatic carbocycles. The number of alkyl carbamates (subject to hydrolysis) is 2. The van der Waals surface area contributed by atoms with E-state index in [1.165, 1.54) is 0 Å². The molecule has 1 saturated heterocycles. The maximum atomic E-state index is 13.4. The first-order valence-electron chi connectivity index (χ1n) is 13.1. The third-order valence-electron chi connectivity index (χ3n) is 10.5. The molecule has 0 spiro atoms. The van der Waals surface area contributed by atoms with Crippen LogP contribution in [0.5, 0.6) is 0 Å². The van der Waals surface area contributed by atoms with E-state index in [-0.39, 0.29) is 53.4 Å². The highest BCUT2D eigenvalue weighted by atomic mass is 35.5. The van der Waals surface area contributed by atoms with E-state index in [0.29, 0.717) is 19.4 Å². The molecular formula is C27H43ClN2O6. The number of carbonyl (C=O) groups is 3. The fourth-order valence-corrected chi connectivity index (χ4v) is 7.85. The highest BCUT2D eigenvalue weighted by molar-refractivity contribution is 5.88. The van der Waals surface area contributed by atoms with Crippen molar-refractivity contribution in [1.82, 2.24) is 10.6 Å². The number of nitrogens with one attached hydrogen (secondary N) is 2. The van der Waals surface area contributed by atoms with Gasteiger partial charge in [-0.1, -0.05) is 40.7 Å². The fraction of sp³-hybridized carbons (Fsp3) is 0.815. The van der Waals surface area contributed by atoms with Crippen molar-refractivity contribution >= 4 is 30.4 Å². The molecule has 0 radical (unpaired) electrons. The number of imide groups is 1. The summed E-state index contributed by atoms with van der Waals surface area (Å²) in [6.45, 7) is 15.5. The van der Waals surface area contributed by atoms with Crippen LogP contribution in [-0.2, 0) is 14.3 Å². The van der Waals surface area contributed by atoms with Crippen LogP contribution in [-0.4, -0.2) is 54.5 Å². The highest BCUT2D eigenvalue weighted by Crippen LogP contribution is 2.67. The number of hydrogen-bond donors (Lipinski definition) is 3. The zero-order valence-electron chi connectivity index (χ0n) is 22.2. The number of halogens is 1. The fourth-order valence-electron chi connectivity index (χ4n) is 7.85. The average Bonchev–Trinajstić information content (AvgIpc) is 3.37. The Kier molecular flexibility index (Phi) is 8.24. The van der Waals surface area contributed by atoms with Gasteiger partial charge in [0.2, 0.25) is 0 Å². The number of Topliss-reactive ketones (excluding diaryl/α,β-unsaturated/α-hetero) is 1. The lowest BCUT2D eigenvalue weighted by atomic mass is 9.44. The Bertz CT molecular complexity index is 899. The van der Waals surface area contributed by atoms with E-state index in [4.69, 9.17) is 9.47 Å². The smallest absolute Gasteiger partial charge is 0.416 e. The quantitative estimate of drug-likeness (QED) is 0.471. The normalized spacial score (nSPS) is 45.9. The molecule has 2 amide bonds. The minimum Gasteiger partial charge on any atom is -0.445 e. The minimum atomic E-state index is -0.886. The van der Waals surface area contributed by atoms with Gasteiger partial charge >= 0.3 is 12.2 Å². The molecule has 8 nitrogen and oxygen atoms in total. The zero-order valence-corrected chi connectivity index (χ0v) is 23.0. The molecule has 3 aliphatic carbocycles. The van der Waals surface area contributed by atoms with Gasteiger partial charge in [-0.25, -0.2) is 14.9 Å². The number of ether oxygens (including phenoxy) is 2. The lowest BCUT2D eigenvalue weighted by Crippen LogP contribution is -2.63. The Balaban J connectivity index is 0.00000361. The first kappa shape index (κ1) is 28.9. The number of hydrogen-bond acceptors (Lipinski definition) is 7. The van der Waals surface area contributed by atoms with Crippen molar-refractivity contribution in [3.05, 3.63) is 12.7 Å². The predicted octanol–water partition coefficient (Wildman–Crippen LogP) is 4.24. The van der Waals surface area contributed by atoms with Gasteiger partial charge < -0.3 is 19.9 Å². The molecule has 10 atom stereocenters. The van der Waals surface area contributed by atoms with Crippen molar-refractivity contribution in [2.45, 2.75) is 85.0 Å². The molecule has 2 bridgehead atoms.